The fourth-order valence-corrected chi connectivity index (χ4v) is 4.01. The maximum atomic E-state index is 13.9. The van der Waals surface area contributed by atoms with Gasteiger partial charge in [-0.1, -0.05) is 90.6 Å². The number of hydrogen-bond donors (Lipinski definition) is 2. The molecular weight excluding hydrogens is 483 g/mol. The summed E-state index contributed by atoms with van der Waals surface area (Å²) < 4.78 is 19.2. The number of halogens is 1. The van der Waals surface area contributed by atoms with Crippen LogP contribution >= 0.6 is 11.8 Å². The summed E-state index contributed by atoms with van der Waals surface area (Å²) in [5.41, 5.74) is 7.13. The van der Waals surface area contributed by atoms with Gasteiger partial charge in [0.15, 0.2) is 0 Å². The largest absolute Gasteiger partial charge is 0.381 e. The van der Waals surface area contributed by atoms with Crippen molar-refractivity contribution in [2.75, 3.05) is 13.2 Å². The molecule has 0 saturated carbocycles. The lowest BCUT2D eigenvalue weighted by atomic mass is 10.0. The molecule has 1 aromatic carbocycles. The first-order chi connectivity index (χ1) is 17.7. The van der Waals surface area contributed by atoms with Gasteiger partial charge in [0.1, 0.15) is 18.0 Å². The Morgan fingerprint density at radius 2 is 1.81 bits per heavy atom. The number of nitriles is 1. The molecule has 0 aromatic heterocycles. The summed E-state index contributed by atoms with van der Waals surface area (Å²) in [6.45, 7) is 21.1. The molecule has 1 aliphatic heterocycles. The van der Waals surface area contributed by atoms with E-state index in [0.29, 0.717) is 29.7 Å². The smallest absolute Gasteiger partial charge is 0.141 e. The highest BCUT2D eigenvalue weighted by atomic mass is 32.2. The molecule has 1 fully saturated rings. The van der Waals surface area contributed by atoms with Crippen molar-refractivity contribution in [2.24, 2.45) is 11.7 Å². The van der Waals surface area contributed by atoms with E-state index in [1.54, 1.807) is 6.07 Å². The van der Waals surface area contributed by atoms with Crippen molar-refractivity contribution in [2.45, 2.75) is 99.6 Å². The van der Waals surface area contributed by atoms with E-state index < -0.39 is 11.9 Å². The summed E-state index contributed by atoms with van der Waals surface area (Å²) >= 11 is 1.38. The van der Waals surface area contributed by atoms with E-state index in [1.807, 2.05) is 47.6 Å². The Hall–Kier alpha value is -2.09. The van der Waals surface area contributed by atoms with E-state index in [2.05, 4.69) is 32.3 Å². The zero-order valence-electron chi connectivity index (χ0n) is 24.3. The Morgan fingerprint density at radius 1 is 1.22 bits per heavy atom. The summed E-state index contributed by atoms with van der Waals surface area (Å²) in [4.78, 5) is 1.55. The zero-order valence-corrected chi connectivity index (χ0v) is 25.1. The van der Waals surface area contributed by atoms with Crippen LogP contribution in [0.25, 0.3) is 5.57 Å². The van der Waals surface area contributed by atoms with Crippen molar-refractivity contribution >= 4 is 17.3 Å². The molecule has 3 N–H and O–H groups in total. The molecule has 208 valence electrons. The van der Waals surface area contributed by atoms with Gasteiger partial charge in [-0.05, 0) is 61.3 Å². The van der Waals surface area contributed by atoms with Gasteiger partial charge < -0.3 is 15.6 Å². The molecule has 37 heavy (non-hydrogen) atoms. The summed E-state index contributed by atoms with van der Waals surface area (Å²) in [5.74, 6) is 5.35. The number of benzene rings is 1. The molecule has 0 bridgehead atoms. The predicted molar refractivity (Wildman–Crippen MR) is 159 cm³/mol. The molecule has 6 heteroatoms. The van der Waals surface area contributed by atoms with Crippen molar-refractivity contribution < 1.29 is 14.2 Å². The second kappa shape index (κ2) is 23.1. The molecule has 1 aliphatic rings. The fraction of sp³-hybridized carbons (Fsp3) is 0.581. The number of aliphatic hydroxyl groups excluding tert-OH is 1. The van der Waals surface area contributed by atoms with Gasteiger partial charge in [0.2, 0.25) is 0 Å². The van der Waals surface area contributed by atoms with Crippen LogP contribution in [0.1, 0.15) is 98.6 Å². The molecule has 2 atom stereocenters. The number of nitrogens with two attached hydrogens (primary N) is 1. The first kappa shape index (κ1) is 37.1. The monoisotopic (exact) mass is 532 g/mol. The summed E-state index contributed by atoms with van der Waals surface area (Å²) in [7, 11) is 0. The minimum Gasteiger partial charge on any atom is -0.381 e. The maximum Gasteiger partial charge on any atom is 0.141 e. The highest BCUT2D eigenvalue weighted by Gasteiger charge is 2.22. The second-order valence-electron chi connectivity index (χ2n) is 8.24. The van der Waals surface area contributed by atoms with E-state index in [9.17, 15) is 9.50 Å². The third-order valence-electron chi connectivity index (χ3n) is 5.20. The molecule has 0 spiro atoms. The first-order valence-corrected chi connectivity index (χ1v) is 14.3. The van der Waals surface area contributed by atoms with Crippen molar-refractivity contribution in [1.29, 1.82) is 5.26 Å². The number of rotatable bonds is 8. The molecular formula is C31H49FN2O2S. The van der Waals surface area contributed by atoms with E-state index >= 15 is 0 Å². The van der Waals surface area contributed by atoms with E-state index in [-0.39, 0.29) is 11.5 Å². The Labute approximate surface area is 230 Å². The van der Waals surface area contributed by atoms with Crippen LogP contribution in [-0.2, 0) is 4.74 Å². The van der Waals surface area contributed by atoms with Gasteiger partial charge in [-0.15, -0.1) is 0 Å². The van der Waals surface area contributed by atoms with Gasteiger partial charge in [0.25, 0.3) is 0 Å². The van der Waals surface area contributed by atoms with Crippen LogP contribution in [0.15, 0.2) is 34.6 Å². The predicted octanol–water partition coefficient (Wildman–Crippen LogP) is 8.06. The Morgan fingerprint density at radius 3 is 2.24 bits per heavy atom. The first-order valence-electron chi connectivity index (χ1n) is 13.5. The maximum absolute atomic E-state index is 13.9. The Kier molecular flexibility index (Phi) is 23.1. The highest BCUT2D eigenvalue weighted by molar-refractivity contribution is 8.07. The van der Waals surface area contributed by atoms with Crippen molar-refractivity contribution in [3.8, 4) is 17.9 Å². The van der Waals surface area contributed by atoms with Crippen LogP contribution in [0, 0.1) is 34.9 Å². The van der Waals surface area contributed by atoms with Crippen LogP contribution < -0.4 is 5.73 Å². The van der Waals surface area contributed by atoms with Crippen LogP contribution in [0.3, 0.4) is 0 Å². The normalized spacial score (nSPS) is 15.2. The van der Waals surface area contributed by atoms with Crippen LogP contribution in [0.2, 0.25) is 0 Å². The number of ether oxygens (including phenoxy) is 1. The average molecular weight is 533 g/mol. The van der Waals surface area contributed by atoms with Gasteiger partial charge in [0, 0.05) is 18.6 Å². The lowest BCUT2D eigenvalue weighted by Crippen LogP contribution is -2.18. The van der Waals surface area contributed by atoms with Crippen LogP contribution in [0.5, 0.6) is 0 Å². The highest BCUT2D eigenvalue weighted by Crippen LogP contribution is 2.31. The molecule has 0 radical (unpaired) electrons. The van der Waals surface area contributed by atoms with E-state index in [0.717, 1.165) is 16.9 Å². The zero-order chi connectivity index (χ0) is 28.8. The Bertz CT molecular complexity index is 900. The standard InChI is InChI=1S/C20H20FNO2S.C7H17N.2C2H6/c1-13(2)25-20(7-6-19(23)17-8-9-24-12-17)14(3)15-4-5-16(11-22)18(21)10-15;1-3-5-7(8)6-4-2;2*1-2/h4-5,10,17,19,23H,1,8-9,12H2,2-3H3;7H,3-6,8H2,1-2H3;2*1-2H3/b20-14+;;;. The number of aliphatic hydroxyl groups is 1. The Balaban J connectivity index is 0. The van der Waals surface area contributed by atoms with Crippen LogP contribution in [0.4, 0.5) is 4.39 Å². The lowest BCUT2D eigenvalue weighted by Gasteiger charge is -2.10. The van der Waals surface area contributed by atoms with Crippen molar-refractivity contribution in [3.63, 3.8) is 0 Å². The molecule has 1 saturated heterocycles. The minimum atomic E-state index is -0.756. The second-order valence-corrected chi connectivity index (χ2v) is 9.55. The van der Waals surface area contributed by atoms with Crippen molar-refractivity contribution in [1.82, 2.24) is 0 Å². The SMILES string of the molecule is C=C(C)S/C(C#CC(O)C1CCOC1)=C(\C)c1ccc(C#N)c(F)c1.CC.CC.CCCC(N)CCC. The topological polar surface area (TPSA) is 79.3 Å². The van der Waals surface area contributed by atoms with E-state index in [1.165, 1.54) is 49.6 Å². The number of allylic oxidation sites excluding steroid dienone is 3. The molecule has 0 amide bonds. The summed E-state index contributed by atoms with van der Waals surface area (Å²) in [6.07, 6.45) is 4.86. The van der Waals surface area contributed by atoms with Gasteiger partial charge in [0.05, 0.1) is 17.1 Å². The quantitative estimate of drug-likeness (QED) is 0.331. The van der Waals surface area contributed by atoms with Gasteiger partial charge in [-0.25, -0.2) is 4.39 Å². The average Bonchev–Trinajstić information content (AvgIpc) is 3.44. The summed E-state index contributed by atoms with van der Waals surface area (Å²) in [6, 6.07) is 6.75. The number of thioether (sulfide) groups is 1. The molecule has 0 aliphatic carbocycles. The van der Waals surface area contributed by atoms with Gasteiger partial charge >= 0.3 is 0 Å². The van der Waals surface area contributed by atoms with E-state index in [4.69, 9.17) is 15.7 Å². The number of hydrogen-bond acceptors (Lipinski definition) is 5. The molecule has 2 rings (SSSR count). The third kappa shape index (κ3) is 15.7. The van der Waals surface area contributed by atoms with Crippen LogP contribution in [-0.4, -0.2) is 30.5 Å². The molecule has 1 heterocycles. The molecule has 4 nitrogen and oxygen atoms in total. The summed E-state index contributed by atoms with van der Waals surface area (Å²) in [5, 5.41) is 19.0. The minimum absolute atomic E-state index is 0.00777. The lowest BCUT2D eigenvalue weighted by molar-refractivity contribution is 0.130. The van der Waals surface area contributed by atoms with Gasteiger partial charge in [-0.2, -0.15) is 5.26 Å². The van der Waals surface area contributed by atoms with Gasteiger partial charge in [-0.3, -0.25) is 0 Å². The molecule has 1 aromatic rings. The third-order valence-corrected chi connectivity index (χ3v) is 6.16. The fourth-order valence-electron chi connectivity index (χ4n) is 3.29. The van der Waals surface area contributed by atoms with Crippen molar-refractivity contribution in [3.05, 3.63) is 51.5 Å². The molecule has 2 unspecified atom stereocenters. The number of nitrogens with zero attached hydrogens (tertiary/aromatic N) is 1.